The third kappa shape index (κ3) is 4.91. The Hall–Kier alpha value is -1.30. The molecular formula is C11H18ClN3O3. The first-order valence-corrected chi connectivity index (χ1v) is 6.49. The summed E-state index contributed by atoms with van der Waals surface area (Å²) in [7, 11) is 0. The number of amides is 4. The van der Waals surface area contributed by atoms with Gasteiger partial charge in [-0.15, -0.1) is 11.6 Å². The van der Waals surface area contributed by atoms with Crippen LogP contribution in [0.3, 0.4) is 0 Å². The zero-order valence-corrected chi connectivity index (χ0v) is 10.9. The van der Waals surface area contributed by atoms with Gasteiger partial charge < -0.3 is 10.6 Å². The van der Waals surface area contributed by atoms with Crippen LogP contribution < -0.4 is 11.1 Å². The Kier molecular flexibility index (Phi) is 5.91. The van der Waals surface area contributed by atoms with Crippen molar-refractivity contribution in [2.75, 3.05) is 19.0 Å². The molecule has 1 fully saturated rings. The van der Waals surface area contributed by atoms with E-state index in [4.69, 9.17) is 17.3 Å². The molecule has 102 valence electrons. The SMILES string of the molecule is NC(=O)CC1CCN(C(=O)NC(=O)CCCl)CC1. The molecule has 0 spiro atoms. The van der Waals surface area contributed by atoms with Gasteiger partial charge in [0.25, 0.3) is 0 Å². The minimum Gasteiger partial charge on any atom is -0.370 e. The normalized spacial score (nSPS) is 16.4. The number of nitrogens with two attached hydrogens (primary N) is 1. The van der Waals surface area contributed by atoms with Crippen molar-refractivity contribution < 1.29 is 14.4 Å². The van der Waals surface area contributed by atoms with E-state index in [1.54, 1.807) is 4.90 Å². The molecule has 1 heterocycles. The van der Waals surface area contributed by atoms with Crippen molar-refractivity contribution in [3.05, 3.63) is 0 Å². The highest BCUT2D eigenvalue weighted by molar-refractivity contribution is 6.19. The predicted molar refractivity (Wildman–Crippen MR) is 67.0 cm³/mol. The fraction of sp³-hybridized carbons (Fsp3) is 0.727. The minimum absolute atomic E-state index is 0.130. The number of likely N-dealkylation sites (tertiary alicyclic amines) is 1. The molecule has 4 amide bonds. The van der Waals surface area contributed by atoms with E-state index in [9.17, 15) is 14.4 Å². The molecule has 1 aliphatic rings. The van der Waals surface area contributed by atoms with Crippen LogP contribution >= 0.6 is 11.6 Å². The van der Waals surface area contributed by atoms with Crippen LogP contribution in [0.15, 0.2) is 0 Å². The number of urea groups is 1. The lowest BCUT2D eigenvalue weighted by molar-refractivity contribution is -0.120. The molecule has 3 N–H and O–H groups in total. The van der Waals surface area contributed by atoms with Crippen LogP contribution in [0.25, 0.3) is 0 Å². The molecule has 0 aromatic rings. The van der Waals surface area contributed by atoms with Gasteiger partial charge in [0, 0.05) is 31.8 Å². The highest BCUT2D eigenvalue weighted by Gasteiger charge is 2.24. The number of piperidine rings is 1. The fourth-order valence-electron chi connectivity index (χ4n) is 1.97. The number of nitrogens with zero attached hydrogens (tertiary/aromatic N) is 1. The maximum atomic E-state index is 11.7. The molecule has 1 saturated heterocycles. The predicted octanol–water partition coefficient (Wildman–Crippen LogP) is 0.439. The number of hydrogen-bond acceptors (Lipinski definition) is 3. The Labute approximate surface area is 111 Å². The van der Waals surface area contributed by atoms with Crippen LogP contribution in [0.4, 0.5) is 4.79 Å². The number of imide groups is 1. The van der Waals surface area contributed by atoms with Crippen molar-refractivity contribution in [3.63, 3.8) is 0 Å². The fourth-order valence-corrected chi connectivity index (χ4v) is 2.14. The maximum absolute atomic E-state index is 11.7. The molecule has 0 unspecified atom stereocenters. The van der Waals surface area contributed by atoms with Gasteiger partial charge in [-0.25, -0.2) is 4.79 Å². The summed E-state index contributed by atoms with van der Waals surface area (Å²) in [6.07, 6.45) is 1.96. The first-order valence-electron chi connectivity index (χ1n) is 5.96. The second-order valence-electron chi connectivity index (χ2n) is 4.39. The Bertz CT molecular complexity index is 327. The number of alkyl halides is 1. The first kappa shape index (κ1) is 14.8. The number of carbonyl (C=O) groups excluding carboxylic acids is 3. The first-order chi connectivity index (χ1) is 8.52. The second-order valence-corrected chi connectivity index (χ2v) is 4.77. The lowest BCUT2D eigenvalue weighted by atomic mass is 9.93. The summed E-state index contributed by atoms with van der Waals surface area (Å²) < 4.78 is 0. The van der Waals surface area contributed by atoms with Gasteiger partial charge in [-0.05, 0) is 18.8 Å². The van der Waals surface area contributed by atoms with Crippen LogP contribution in [-0.2, 0) is 9.59 Å². The Balaban J connectivity index is 2.31. The Morgan fingerprint density at radius 1 is 1.28 bits per heavy atom. The third-order valence-electron chi connectivity index (χ3n) is 2.96. The van der Waals surface area contributed by atoms with E-state index >= 15 is 0 Å². The van der Waals surface area contributed by atoms with Gasteiger partial charge in [-0.1, -0.05) is 0 Å². The molecule has 0 atom stereocenters. The molecule has 1 rings (SSSR count). The Morgan fingerprint density at radius 2 is 1.89 bits per heavy atom. The molecular weight excluding hydrogens is 258 g/mol. The summed E-state index contributed by atoms with van der Waals surface area (Å²) in [4.78, 5) is 35.2. The van der Waals surface area contributed by atoms with Crippen molar-refractivity contribution in [2.45, 2.75) is 25.7 Å². The summed E-state index contributed by atoms with van der Waals surface area (Å²) >= 11 is 5.40. The van der Waals surface area contributed by atoms with E-state index < -0.39 is 0 Å². The molecule has 0 aromatic heterocycles. The molecule has 7 heteroatoms. The van der Waals surface area contributed by atoms with Crippen molar-refractivity contribution in [1.29, 1.82) is 0 Å². The van der Waals surface area contributed by atoms with Gasteiger partial charge in [0.1, 0.15) is 0 Å². The summed E-state index contributed by atoms with van der Waals surface area (Å²) in [5, 5.41) is 2.28. The number of primary amides is 1. The largest absolute Gasteiger partial charge is 0.370 e. The standard InChI is InChI=1S/C11H18ClN3O3/c12-4-1-10(17)14-11(18)15-5-2-8(3-6-15)7-9(13)16/h8H,1-7H2,(H2,13,16)(H,14,17,18). The smallest absolute Gasteiger partial charge is 0.324 e. The van der Waals surface area contributed by atoms with Crippen LogP contribution in [0.2, 0.25) is 0 Å². The van der Waals surface area contributed by atoms with E-state index in [0.717, 1.165) is 12.8 Å². The number of hydrogen-bond donors (Lipinski definition) is 2. The number of rotatable bonds is 4. The zero-order chi connectivity index (χ0) is 13.5. The number of halogens is 1. The van der Waals surface area contributed by atoms with E-state index in [1.807, 2.05) is 0 Å². The van der Waals surface area contributed by atoms with Gasteiger partial charge in [-0.2, -0.15) is 0 Å². The van der Waals surface area contributed by atoms with Crippen LogP contribution in [0.1, 0.15) is 25.7 Å². The molecule has 0 radical (unpaired) electrons. The van der Waals surface area contributed by atoms with E-state index in [2.05, 4.69) is 5.32 Å². The number of carbonyl (C=O) groups is 3. The molecule has 6 nitrogen and oxygen atoms in total. The lowest BCUT2D eigenvalue weighted by Gasteiger charge is -2.31. The monoisotopic (exact) mass is 275 g/mol. The van der Waals surface area contributed by atoms with Crippen LogP contribution in [-0.4, -0.2) is 41.7 Å². The van der Waals surface area contributed by atoms with Gasteiger partial charge >= 0.3 is 6.03 Å². The van der Waals surface area contributed by atoms with Gasteiger partial charge in [0.2, 0.25) is 11.8 Å². The average molecular weight is 276 g/mol. The molecule has 0 aliphatic carbocycles. The maximum Gasteiger partial charge on any atom is 0.324 e. The summed E-state index contributed by atoms with van der Waals surface area (Å²) in [5.74, 6) is -0.241. The Morgan fingerprint density at radius 3 is 2.39 bits per heavy atom. The van der Waals surface area contributed by atoms with E-state index in [-0.39, 0.29) is 36.1 Å². The topological polar surface area (TPSA) is 92.5 Å². The minimum atomic E-state index is -0.386. The van der Waals surface area contributed by atoms with Crippen molar-refractivity contribution >= 4 is 29.4 Å². The molecule has 0 aromatic carbocycles. The van der Waals surface area contributed by atoms with Crippen molar-refractivity contribution in [2.24, 2.45) is 11.7 Å². The van der Waals surface area contributed by atoms with Gasteiger partial charge in [0.05, 0.1) is 0 Å². The van der Waals surface area contributed by atoms with E-state index in [1.165, 1.54) is 0 Å². The molecule has 0 bridgehead atoms. The summed E-state index contributed by atoms with van der Waals surface area (Å²) in [6.45, 7) is 1.08. The molecule has 1 aliphatic heterocycles. The molecule has 18 heavy (non-hydrogen) atoms. The third-order valence-corrected chi connectivity index (χ3v) is 3.15. The summed E-state index contributed by atoms with van der Waals surface area (Å²) in [6, 6.07) is -0.386. The average Bonchev–Trinajstić information content (AvgIpc) is 2.29. The quantitative estimate of drug-likeness (QED) is 0.729. The van der Waals surface area contributed by atoms with Crippen molar-refractivity contribution in [1.82, 2.24) is 10.2 Å². The van der Waals surface area contributed by atoms with Gasteiger partial charge in [0.15, 0.2) is 0 Å². The second kappa shape index (κ2) is 7.20. The molecule has 0 saturated carbocycles. The highest BCUT2D eigenvalue weighted by Crippen LogP contribution is 2.19. The van der Waals surface area contributed by atoms with Crippen LogP contribution in [0.5, 0.6) is 0 Å². The zero-order valence-electron chi connectivity index (χ0n) is 10.2. The summed E-state index contributed by atoms with van der Waals surface area (Å²) in [5.41, 5.74) is 5.13. The van der Waals surface area contributed by atoms with Crippen molar-refractivity contribution in [3.8, 4) is 0 Å². The highest BCUT2D eigenvalue weighted by atomic mass is 35.5. The van der Waals surface area contributed by atoms with E-state index in [0.29, 0.717) is 19.5 Å². The van der Waals surface area contributed by atoms with Gasteiger partial charge in [-0.3, -0.25) is 14.9 Å². The number of nitrogens with one attached hydrogen (secondary N) is 1. The lowest BCUT2D eigenvalue weighted by Crippen LogP contribution is -2.46. The van der Waals surface area contributed by atoms with Crippen LogP contribution in [0, 0.1) is 5.92 Å².